The lowest BCUT2D eigenvalue weighted by Gasteiger charge is -2.07. The first kappa shape index (κ1) is 14.8. The van der Waals surface area contributed by atoms with E-state index in [-0.39, 0.29) is 11.7 Å². The molecule has 114 valence electrons. The van der Waals surface area contributed by atoms with Gasteiger partial charge in [0.15, 0.2) is 5.78 Å². The number of rotatable bonds is 5. The molecule has 1 aliphatic rings. The highest BCUT2D eigenvalue weighted by atomic mass is 16.5. The highest BCUT2D eigenvalue weighted by Gasteiger charge is 2.44. The van der Waals surface area contributed by atoms with Crippen molar-refractivity contribution in [2.75, 3.05) is 6.61 Å². The number of hydrogen-bond donors (Lipinski definition) is 0. The minimum atomic E-state index is 0.124. The van der Waals surface area contributed by atoms with E-state index in [2.05, 4.69) is 26.0 Å². The lowest BCUT2D eigenvalue weighted by atomic mass is 9.99. The van der Waals surface area contributed by atoms with E-state index in [9.17, 15) is 4.79 Å². The zero-order valence-corrected chi connectivity index (χ0v) is 13.4. The van der Waals surface area contributed by atoms with Crippen molar-refractivity contribution in [3.63, 3.8) is 0 Å². The van der Waals surface area contributed by atoms with Gasteiger partial charge in [0.25, 0.3) is 0 Å². The Kier molecular flexibility index (Phi) is 4.02. The fourth-order valence-electron chi connectivity index (χ4n) is 2.96. The lowest BCUT2D eigenvalue weighted by molar-refractivity contribution is 0.0965. The van der Waals surface area contributed by atoms with Crippen molar-refractivity contribution in [2.45, 2.75) is 33.1 Å². The van der Waals surface area contributed by atoms with Crippen molar-refractivity contribution in [1.29, 1.82) is 0 Å². The minimum absolute atomic E-state index is 0.124. The summed E-state index contributed by atoms with van der Waals surface area (Å²) in [5.74, 6) is 1.63. The Balaban J connectivity index is 1.74. The summed E-state index contributed by atoms with van der Waals surface area (Å²) in [5, 5.41) is 0. The predicted molar refractivity (Wildman–Crippen MR) is 88.7 cm³/mol. The van der Waals surface area contributed by atoms with Gasteiger partial charge in [0.05, 0.1) is 6.61 Å². The van der Waals surface area contributed by atoms with Crippen molar-refractivity contribution >= 4 is 5.78 Å². The second-order valence-electron chi connectivity index (χ2n) is 6.12. The third-order valence-electron chi connectivity index (χ3n) is 4.52. The van der Waals surface area contributed by atoms with E-state index in [0.29, 0.717) is 12.5 Å². The van der Waals surface area contributed by atoms with Crippen molar-refractivity contribution < 1.29 is 9.53 Å². The summed E-state index contributed by atoms with van der Waals surface area (Å²) in [5.41, 5.74) is 4.47. The van der Waals surface area contributed by atoms with Crippen molar-refractivity contribution in [3.05, 3.63) is 64.7 Å². The number of carbonyl (C=O) groups is 1. The topological polar surface area (TPSA) is 26.3 Å². The van der Waals surface area contributed by atoms with Crippen LogP contribution in [0.5, 0.6) is 5.75 Å². The summed E-state index contributed by atoms with van der Waals surface area (Å²) in [7, 11) is 0. The molecule has 3 rings (SSSR count). The Bertz CT molecular complexity index is 703. The molecular weight excluding hydrogens is 272 g/mol. The molecule has 0 N–H and O–H groups in total. The summed E-state index contributed by atoms with van der Waals surface area (Å²) < 4.78 is 5.55. The number of benzene rings is 2. The average molecular weight is 294 g/mol. The van der Waals surface area contributed by atoms with E-state index in [1.807, 2.05) is 37.3 Å². The average Bonchev–Trinajstić information content (AvgIpc) is 3.30. The SMILES string of the molecule is CCOc1cccc(C2CC2C(=O)c2ccc(C)c(C)c2)c1. The van der Waals surface area contributed by atoms with Gasteiger partial charge < -0.3 is 4.74 Å². The summed E-state index contributed by atoms with van der Waals surface area (Å²) in [6, 6.07) is 14.2. The van der Waals surface area contributed by atoms with Crippen molar-refractivity contribution in [2.24, 2.45) is 5.92 Å². The predicted octanol–water partition coefficient (Wildman–Crippen LogP) is 4.69. The third-order valence-corrected chi connectivity index (χ3v) is 4.52. The van der Waals surface area contributed by atoms with Gasteiger partial charge in [-0.15, -0.1) is 0 Å². The van der Waals surface area contributed by atoms with Gasteiger partial charge in [-0.25, -0.2) is 0 Å². The van der Waals surface area contributed by atoms with Gasteiger partial charge in [-0.2, -0.15) is 0 Å². The van der Waals surface area contributed by atoms with Gasteiger partial charge in [0.2, 0.25) is 0 Å². The molecule has 0 aromatic heterocycles. The van der Waals surface area contributed by atoms with E-state index in [1.165, 1.54) is 16.7 Å². The smallest absolute Gasteiger partial charge is 0.166 e. The Morgan fingerprint density at radius 1 is 1.14 bits per heavy atom. The summed E-state index contributed by atoms with van der Waals surface area (Å²) >= 11 is 0. The van der Waals surface area contributed by atoms with E-state index in [4.69, 9.17) is 4.74 Å². The van der Waals surface area contributed by atoms with Gasteiger partial charge in [-0.1, -0.05) is 24.3 Å². The van der Waals surface area contributed by atoms with Crippen LogP contribution in [-0.2, 0) is 0 Å². The number of aryl methyl sites for hydroxylation is 2. The van der Waals surface area contributed by atoms with Crippen LogP contribution < -0.4 is 4.74 Å². The minimum Gasteiger partial charge on any atom is -0.494 e. The van der Waals surface area contributed by atoms with E-state index < -0.39 is 0 Å². The van der Waals surface area contributed by atoms with Crippen LogP contribution >= 0.6 is 0 Å². The van der Waals surface area contributed by atoms with Crippen LogP contribution in [0.3, 0.4) is 0 Å². The number of ketones is 1. The molecule has 0 amide bonds. The molecule has 0 saturated heterocycles. The molecule has 0 aliphatic heterocycles. The van der Waals surface area contributed by atoms with Gasteiger partial charge in [-0.3, -0.25) is 4.79 Å². The van der Waals surface area contributed by atoms with Crippen LogP contribution in [0, 0.1) is 19.8 Å². The van der Waals surface area contributed by atoms with Gasteiger partial charge in [0.1, 0.15) is 5.75 Å². The second-order valence-corrected chi connectivity index (χ2v) is 6.12. The highest BCUT2D eigenvalue weighted by Crippen LogP contribution is 2.49. The molecular formula is C20H22O2. The van der Waals surface area contributed by atoms with Crippen LogP contribution in [0.4, 0.5) is 0 Å². The summed E-state index contributed by atoms with van der Waals surface area (Å²) in [6.45, 7) is 6.78. The molecule has 1 aliphatic carbocycles. The second kappa shape index (κ2) is 5.96. The molecule has 2 unspecified atom stereocenters. The third kappa shape index (κ3) is 2.92. The van der Waals surface area contributed by atoms with Crippen LogP contribution in [0.25, 0.3) is 0 Å². The molecule has 0 bridgehead atoms. The van der Waals surface area contributed by atoms with Crippen LogP contribution in [0.15, 0.2) is 42.5 Å². The highest BCUT2D eigenvalue weighted by molar-refractivity contribution is 6.00. The monoisotopic (exact) mass is 294 g/mol. The van der Waals surface area contributed by atoms with E-state index in [1.54, 1.807) is 0 Å². The standard InChI is InChI=1S/C20H22O2/c1-4-22-17-7-5-6-15(11-17)18-12-19(18)20(21)16-9-8-13(2)14(3)10-16/h5-11,18-19H,4,12H2,1-3H3. The van der Waals surface area contributed by atoms with Crippen molar-refractivity contribution in [3.8, 4) is 5.75 Å². The van der Waals surface area contributed by atoms with Gasteiger partial charge >= 0.3 is 0 Å². The zero-order chi connectivity index (χ0) is 15.7. The quantitative estimate of drug-likeness (QED) is 0.748. The summed E-state index contributed by atoms with van der Waals surface area (Å²) in [6.07, 6.45) is 0.946. The zero-order valence-electron chi connectivity index (χ0n) is 13.4. The van der Waals surface area contributed by atoms with Gasteiger partial charge in [0, 0.05) is 11.5 Å². The fourth-order valence-corrected chi connectivity index (χ4v) is 2.96. The number of hydrogen-bond acceptors (Lipinski definition) is 2. The van der Waals surface area contributed by atoms with Gasteiger partial charge in [-0.05, 0) is 68.0 Å². The van der Waals surface area contributed by atoms with E-state index in [0.717, 1.165) is 17.7 Å². The maximum absolute atomic E-state index is 12.6. The first-order chi connectivity index (χ1) is 10.6. The van der Waals surface area contributed by atoms with Crippen molar-refractivity contribution in [1.82, 2.24) is 0 Å². The number of ether oxygens (including phenoxy) is 1. The molecule has 1 saturated carbocycles. The molecule has 0 heterocycles. The lowest BCUT2D eigenvalue weighted by Crippen LogP contribution is -2.04. The normalized spacial score (nSPS) is 19.8. The Hall–Kier alpha value is -2.09. The first-order valence-electron chi connectivity index (χ1n) is 7.94. The number of carbonyl (C=O) groups excluding carboxylic acids is 1. The Labute approximate surface area is 132 Å². The fraction of sp³-hybridized carbons (Fsp3) is 0.350. The van der Waals surface area contributed by atoms with Crippen LogP contribution in [0.2, 0.25) is 0 Å². The maximum Gasteiger partial charge on any atom is 0.166 e. The molecule has 2 atom stereocenters. The maximum atomic E-state index is 12.6. The Morgan fingerprint density at radius 3 is 2.68 bits per heavy atom. The first-order valence-corrected chi connectivity index (χ1v) is 7.94. The van der Waals surface area contributed by atoms with Crippen LogP contribution in [0.1, 0.15) is 46.3 Å². The Morgan fingerprint density at radius 2 is 1.95 bits per heavy atom. The molecule has 0 radical (unpaired) electrons. The molecule has 2 aromatic carbocycles. The molecule has 22 heavy (non-hydrogen) atoms. The number of Topliss-reactive ketones (excluding diaryl/α,β-unsaturated/α-hetero) is 1. The molecule has 0 spiro atoms. The van der Waals surface area contributed by atoms with E-state index >= 15 is 0 Å². The summed E-state index contributed by atoms with van der Waals surface area (Å²) in [4.78, 5) is 12.6. The molecule has 2 nitrogen and oxygen atoms in total. The molecule has 1 fully saturated rings. The van der Waals surface area contributed by atoms with Crippen LogP contribution in [-0.4, -0.2) is 12.4 Å². The largest absolute Gasteiger partial charge is 0.494 e. The molecule has 2 heteroatoms. The molecule has 2 aromatic rings.